The molecule has 0 aliphatic carbocycles. The number of imide groups is 1. The van der Waals surface area contributed by atoms with Crippen LogP contribution in [0, 0.1) is 0 Å². The molecule has 1 aromatic heterocycles. The van der Waals surface area contributed by atoms with E-state index in [1.54, 1.807) is 4.68 Å². The summed E-state index contributed by atoms with van der Waals surface area (Å²) in [7, 11) is 1.86. The quantitative estimate of drug-likeness (QED) is 0.820. The van der Waals surface area contributed by atoms with E-state index in [1.165, 1.54) is 0 Å². The third-order valence-electron chi connectivity index (χ3n) is 4.98. The fourth-order valence-electron chi connectivity index (χ4n) is 3.66. The molecule has 2 fully saturated rings. The predicted octanol–water partition coefficient (Wildman–Crippen LogP) is 1.22. The Kier molecular flexibility index (Phi) is 4.17. The maximum atomic E-state index is 12.2. The van der Waals surface area contributed by atoms with Crippen molar-refractivity contribution < 1.29 is 14.3 Å². The second-order valence-electron chi connectivity index (χ2n) is 6.78. The Bertz CT molecular complexity index is 823. The first-order chi connectivity index (χ1) is 12.1. The highest BCUT2D eigenvalue weighted by molar-refractivity contribution is 6.02. The van der Waals surface area contributed by atoms with Gasteiger partial charge < -0.3 is 10.1 Å². The zero-order valence-electron chi connectivity index (χ0n) is 14.2. The highest BCUT2D eigenvalue weighted by Gasteiger charge is 2.31. The van der Waals surface area contributed by atoms with Gasteiger partial charge in [-0.25, -0.2) is 0 Å². The third-order valence-corrected chi connectivity index (χ3v) is 4.98. The number of piperidine rings is 2. The van der Waals surface area contributed by atoms with Gasteiger partial charge >= 0.3 is 0 Å². The molecule has 7 heteroatoms. The molecule has 0 radical (unpaired) electrons. The van der Waals surface area contributed by atoms with Gasteiger partial charge in [0.05, 0.1) is 17.1 Å². The predicted molar refractivity (Wildman–Crippen MR) is 92.4 cm³/mol. The van der Waals surface area contributed by atoms with E-state index in [9.17, 15) is 9.59 Å². The molecular weight excluding hydrogens is 320 g/mol. The van der Waals surface area contributed by atoms with Crippen molar-refractivity contribution in [1.82, 2.24) is 20.4 Å². The van der Waals surface area contributed by atoms with Crippen molar-refractivity contribution in [3.63, 3.8) is 0 Å². The number of benzene rings is 1. The smallest absolute Gasteiger partial charge is 0.235 e. The number of hydrogen-bond acceptors (Lipinski definition) is 5. The largest absolute Gasteiger partial charge is 0.489 e. The number of ether oxygens (including phenoxy) is 1. The summed E-state index contributed by atoms with van der Waals surface area (Å²) in [6, 6.07) is 5.88. The summed E-state index contributed by atoms with van der Waals surface area (Å²) in [6.45, 7) is 1.92. The SMILES string of the molecule is Cn1nc(C2CCC(=O)NC2=O)c2ccc(O[C@H]3CCCNC3)cc21. The zero-order chi connectivity index (χ0) is 17.4. The molecule has 2 N–H and O–H groups in total. The van der Waals surface area contributed by atoms with E-state index < -0.39 is 0 Å². The molecule has 2 saturated heterocycles. The molecule has 0 spiro atoms. The van der Waals surface area contributed by atoms with E-state index in [0.29, 0.717) is 12.8 Å². The molecule has 3 heterocycles. The van der Waals surface area contributed by atoms with Gasteiger partial charge in [0.1, 0.15) is 11.9 Å². The molecule has 0 saturated carbocycles. The van der Waals surface area contributed by atoms with Crippen LogP contribution in [0.4, 0.5) is 0 Å². The fourth-order valence-corrected chi connectivity index (χ4v) is 3.66. The highest BCUT2D eigenvalue weighted by atomic mass is 16.5. The molecule has 1 unspecified atom stereocenters. The minimum atomic E-state index is -0.379. The number of nitrogens with one attached hydrogen (secondary N) is 2. The van der Waals surface area contributed by atoms with Crippen molar-refractivity contribution in [3.05, 3.63) is 23.9 Å². The lowest BCUT2D eigenvalue weighted by molar-refractivity contribution is -0.134. The van der Waals surface area contributed by atoms with E-state index in [4.69, 9.17) is 4.74 Å². The van der Waals surface area contributed by atoms with Crippen LogP contribution in [-0.2, 0) is 16.6 Å². The van der Waals surface area contributed by atoms with Gasteiger partial charge in [0.25, 0.3) is 0 Å². The molecule has 4 rings (SSSR count). The third kappa shape index (κ3) is 3.11. The first-order valence-corrected chi connectivity index (χ1v) is 8.79. The highest BCUT2D eigenvalue weighted by Crippen LogP contribution is 2.32. The molecule has 2 amide bonds. The van der Waals surface area contributed by atoms with Gasteiger partial charge in [-0.15, -0.1) is 0 Å². The van der Waals surface area contributed by atoms with Crippen molar-refractivity contribution in [3.8, 4) is 5.75 Å². The Hall–Kier alpha value is -2.41. The molecule has 25 heavy (non-hydrogen) atoms. The molecule has 2 atom stereocenters. The van der Waals surface area contributed by atoms with Crippen LogP contribution in [0.3, 0.4) is 0 Å². The van der Waals surface area contributed by atoms with Gasteiger partial charge in [-0.3, -0.25) is 19.6 Å². The number of fused-ring (bicyclic) bond motifs is 1. The standard InChI is InChI=1S/C18H22N4O3/c1-22-15-9-11(25-12-3-2-8-19-10-12)4-5-13(15)17(21-22)14-6-7-16(23)20-18(14)24/h4-5,9,12,14,19H,2-3,6-8,10H2,1H3,(H,20,23,24)/t12-,14?/m0/s1. The lowest BCUT2D eigenvalue weighted by atomic mass is 9.93. The van der Waals surface area contributed by atoms with Crippen LogP contribution in [-0.4, -0.2) is 40.8 Å². The summed E-state index contributed by atoms with van der Waals surface area (Å²) < 4.78 is 7.86. The Labute approximate surface area is 145 Å². The van der Waals surface area contributed by atoms with Gasteiger partial charge in [0.2, 0.25) is 11.8 Å². The minimum absolute atomic E-state index is 0.189. The van der Waals surface area contributed by atoms with Crippen LogP contribution in [0.5, 0.6) is 5.75 Å². The Morgan fingerprint density at radius 2 is 2.16 bits per heavy atom. The maximum Gasteiger partial charge on any atom is 0.235 e. The summed E-state index contributed by atoms with van der Waals surface area (Å²) in [5.74, 6) is -0.0298. The number of carbonyl (C=O) groups excluding carboxylic acids is 2. The first-order valence-electron chi connectivity index (χ1n) is 8.79. The van der Waals surface area contributed by atoms with Crippen molar-refractivity contribution in [1.29, 1.82) is 0 Å². The summed E-state index contributed by atoms with van der Waals surface area (Å²) in [5, 5.41) is 11.2. The van der Waals surface area contributed by atoms with E-state index in [-0.39, 0.29) is 23.8 Å². The lowest BCUT2D eigenvalue weighted by Crippen LogP contribution is -2.39. The van der Waals surface area contributed by atoms with E-state index in [0.717, 1.165) is 48.3 Å². The van der Waals surface area contributed by atoms with Gasteiger partial charge in [-0.05, 0) is 37.9 Å². The van der Waals surface area contributed by atoms with Gasteiger partial charge in [-0.2, -0.15) is 5.10 Å². The molecule has 132 valence electrons. The van der Waals surface area contributed by atoms with Crippen molar-refractivity contribution in [2.75, 3.05) is 13.1 Å². The molecule has 2 aliphatic rings. The number of carbonyl (C=O) groups is 2. The van der Waals surface area contributed by atoms with E-state index in [1.807, 2.05) is 25.2 Å². The topological polar surface area (TPSA) is 85.2 Å². The van der Waals surface area contributed by atoms with Crippen molar-refractivity contribution >= 4 is 22.7 Å². The van der Waals surface area contributed by atoms with Crippen LogP contribution in [0.2, 0.25) is 0 Å². The molecular formula is C18H22N4O3. The average Bonchev–Trinajstić information content (AvgIpc) is 2.92. The number of amides is 2. The maximum absolute atomic E-state index is 12.2. The van der Waals surface area contributed by atoms with Crippen LogP contribution in [0.25, 0.3) is 10.9 Å². The minimum Gasteiger partial charge on any atom is -0.489 e. The first kappa shape index (κ1) is 16.1. The molecule has 2 aliphatic heterocycles. The van der Waals surface area contributed by atoms with Crippen LogP contribution in [0.15, 0.2) is 18.2 Å². The molecule has 7 nitrogen and oxygen atoms in total. The van der Waals surface area contributed by atoms with Gasteiger partial charge in [0, 0.05) is 31.5 Å². The van der Waals surface area contributed by atoms with Gasteiger partial charge in [0.15, 0.2) is 0 Å². The van der Waals surface area contributed by atoms with E-state index >= 15 is 0 Å². The van der Waals surface area contributed by atoms with Crippen LogP contribution in [0.1, 0.15) is 37.3 Å². The summed E-state index contributed by atoms with van der Waals surface area (Å²) in [4.78, 5) is 23.5. The number of aryl methyl sites for hydroxylation is 1. The summed E-state index contributed by atoms with van der Waals surface area (Å²) >= 11 is 0. The Balaban J connectivity index is 1.62. The van der Waals surface area contributed by atoms with Crippen LogP contribution < -0.4 is 15.4 Å². The Morgan fingerprint density at radius 3 is 2.92 bits per heavy atom. The monoisotopic (exact) mass is 342 g/mol. The lowest BCUT2D eigenvalue weighted by Gasteiger charge is -2.24. The van der Waals surface area contributed by atoms with Gasteiger partial charge in [-0.1, -0.05) is 0 Å². The normalized spacial score (nSPS) is 24.4. The van der Waals surface area contributed by atoms with E-state index in [2.05, 4.69) is 15.7 Å². The van der Waals surface area contributed by atoms with Crippen molar-refractivity contribution in [2.45, 2.75) is 37.7 Å². The summed E-state index contributed by atoms with van der Waals surface area (Å²) in [5.41, 5.74) is 1.66. The number of rotatable bonds is 3. The second kappa shape index (κ2) is 6.48. The second-order valence-corrected chi connectivity index (χ2v) is 6.78. The molecule has 2 aromatic rings. The number of aromatic nitrogens is 2. The Morgan fingerprint density at radius 1 is 1.28 bits per heavy atom. The van der Waals surface area contributed by atoms with Crippen molar-refractivity contribution in [2.24, 2.45) is 7.05 Å². The molecule has 0 bridgehead atoms. The average molecular weight is 342 g/mol. The summed E-state index contributed by atoms with van der Waals surface area (Å²) in [6.07, 6.45) is 3.22. The number of nitrogens with zero attached hydrogens (tertiary/aromatic N) is 2. The molecule has 1 aromatic carbocycles. The number of hydrogen-bond donors (Lipinski definition) is 2. The van der Waals surface area contributed by atoms with Crippen LogP contribution >= 0.6 is 0 Å². The fraction of sp³-hybridized carbons (Fsp3) is 0.500. The zero-order valence-corrected chi connectivity index (χ0v) is 14.2.